The number of amides is 2. The molecule has 34 heavy (non-hydrogen) atoms. The fourth-order valence-electron chi connectivity index (χ4n) is 4.26. The monoisotopic (exact) mass is 450 g/mol. The summed E-state index contributed by atoms with van der Waals surface area (Å²) in [5.41, 5.74) is 6.50. The number of carbonyl (C=O) groups is 1. The lowest BCUT2D eigenvalue weighted by molar-refractivity contribution is 0.244. The van der Waals surface area contributed by atoms with Crippen LogP contribution in [0.3, 0.4) is 0 Å². The molecule has 1 aromatic heterocycles. The fourth-order valence-corrected chi connectivity index (χ4v) is 4.26. The van der Waals surface area contributed by atoms with E-state index < -0.39 is 6.04 Å². The van der Waals surface area contributed by atoms with Crippen LogP contribution in [0.25, 0.3) is 17.0 Å². The van der Waals surface area contributed by atoms with Crippen molar-refractivity contribution in [1.29, 1.82) is 0 Å². The van der Waals surface area contributed by atoms with Crippen LogP contribution < -0.4 is 10.2 Å². The number of benzene rings is 3. The predicted octanol–water partition coefficient (Wildman–Crippen LogP) is 6.31. The number of rotatable bonds is 5. The highest BCUT2D eigenvalue weighted by Gasteiger charge is 2.36. The van der Waals surface area contributed by atoms with Gasteiger partial charge in [0.1, 0.15) is 0 Å². The van der Waals surface area contributed by atoms with Gasteiger partial charge in [-0.3, -0.25) is 4.90 Å². The molecule has 2 heterocycles. The summed E-state index contributed by atoms with van der Waals surface area (Å²) in [5, 5.41) is 7.40. The molecule has 3 aromatic carbocycles. The van der Waals surface area contributed by atoms with E-state index in [9.17, 15) is 4.79 Å². The van der Waals surface area contributed by atoms with Crippen LogP contribution in [0.5, 0.6) is 0 Å². The maximum atomic E-state index is 13.3. The molecule has 4 aromatic rings. The summed E-state index contributed by atoms with van der Waals surface area (Å²) in [6.07, 6.45) is 0.969. The Morgan fingerprint density at radius 3 is 2.32 bits per heavy atom. The molecule has 0 spiro atoms. The first-order valence-electron chi connectivity index (χ1n) is 11.4. The van der Waals surface area contributed by atoms with Crippen LogP contribution in [0.2, 0.25) is 0 Å². The van der Waals surface area contributed by atoms with E-state index in [1.807, 2.05) is 80.6 Å². The normalized spacial score (nSPS) is 16.0. The minimum absolute atomic E-state index is 0.200. The number of anilines is 1. The number of carbonyl (C=O) groups excluding carboxylic acids is 1. The molecule has 1 aliphatic heterocycles. The van der Waals surface area contributed by atoms with Crippen molar-refractivity contribution < 1.29 is 9.32 Å². The van der Waals surface area contributed by atoms with Gasteiger partial charge in [0.05, 0.1) is 17.3 Å². The molecule has 5 rings (SSSR count). The lowest BCUT2D eigenvalue weighted by Crippen LogP contribution is -2.46. The van der Waals surface area contributed by atoms with Crippen molar-refractivity contribution >= 4 is 17.3 Å². The summed E-state index contributed by atoms with van der Waals surface area (Å²) in [4.78, 5) is 19.7. The molecule has 0 radical (unpaired) electrons. The van der Waals surface area contributed by atoms with Crippen molar-refractivity contribution in [2.45, 2.75) is 33.2 Å². The maximum Gasteiger partial charge on any atom is 0.326 e. The summed E-state index contributed by atoms with van der Waals surface area (Å²) in [5.74, 6) is 0.904. The molecular weight excluding hydrogens is 424 g/mol. The first kappa shape index (κ1) is 21.6. The van der Waals surface area contributed by atoms with Crippen LogP contribution in [0.1, 0.15) is 42.5 Å². The van der Waals surface area contributed by atoms with Crippen LogP contribution >= 0.6 is 0 Å². The number of allylic oxidation sites excluding steroid dienone is 1. The Morgan fingerprint density at radius 1 is 0.941 bits per heavy atom. The molecule has 1 N–H and O–H groups in total. The summed E-state index contributed by atoms with van der Waals surface area (Å²) < 4.78 is 5.78. The molecule has 6 heteroatoms. The van der Waals surface area contributed by atoms with E-state index in [1.54, 1.807) is 4.90 Å². The second-order valence-corrected chi connectivity index (χ2v) is 8.44. The molecule has 2 amide bonds. The minimum Gasteiger partial charge on any atom is -0.334 e. The Balaban J connectivity index is 1.62. The highest BCUT2D eigenvalue weighted by molar-refractivity contribution is 6.01. The van der Waals surface area contributed by atoms with Gasteiger partial charge in [-0.1, -0.05) is 84.4 Å². The number of hydrogen-bond donors (Lipinski definition) is 1. The Labute approximate surface area is 198 Å². The molecule has 0 aliphatic carbocycles. The lowest BCUT2D eigenvalue weighted by atomic mass is 9.94. The zero-order valence-electron chi connectivity index (χ0n) is 19.4. The SMILES string of the molecule is CCc1ccc(-c2noc(C3=C(C)N(c4ccc(C)cc4)C(=O)NC3c3ccccc3)n2)cc1. The number of nitrogens with one attached hydrogen (secondary N) is 1. The number of aromatic nitrogens is 2. The van der Waals surface area contributed by atoms with Gasteiger partial charge in [0, 0.05) is 11.3 Å². The second kappa shape index (κ2) is 8.98. The summed E-state index contributed by atoms with van der Waals surface area (Å²) in [7, 11) is 0. The fraction of sp³-hybridized carbons (Fsp3) is 0.179. The summed E-state index contributed by atoms with van der Waals surface area (Å²) in [6.45, 7) is 6.06. The zero-order chi connectivity index (χ0) is 23.7. The van der Waals surface area contributed by atoms with Gasteiger partial charge in [-0.25, -0.2) is 4.79 Å². The van der Waals surface area contributed by atoms with Crippen molar-refractivity contribution in [3.8, 4) is 11.4 Å². The topological polar surface area (TPSA) is 71.3 Å². The average Bonchev–Trinajstić information content (AvgIpc) is 3.35. The molecule has 0 bridgehead atoms. The third-order valence-electron chi connectivity index (χ3n) is 6.19. The van der Waals surface area contributed by atoms with E-state index in [0.29, 0.717) is 11.7 Å². The highest BCUT2D eigenvalue weighted by Crippen LogP contribution is 2.39. The van der Waals surface area contributed by atoms with Crippen LogP contribution in [-0.2, 0) is 6.42 Å². The molecule has 1 atom stereocenters. The molecule has 0 fully saturated rings. The first-order valence-corrected chi connectivity index (χ1v) is 11.4. The van der Waals surface area contributed by atoms with Gasteiger partial charge in [-0.2, -0.15) is 4.98 Å². The largest absolute Gasteiger partial charge is 0.334 e. The van der Waals surface area contributed by atoms with Gasteiger partial charge in [0.2, 0.25) is 5.82 Å². The van der Waals surface area contributed by atoms with E-state index in [0.717, 1.165) is 40.1 Å². The molecule has 1 unspecified atom stereocenters. The maximum absolute atomic E-state index is 13.3. The zero-order valence-corrected chi connectivity index (χ0v) is 19.4. The standard InChI is InChI=1S/C28H26N4O2/c1-4-20-12-14-22(15-13-20)26-30-27(34-31-26)24-19(3)32(23-16-10-18(2)11-17-23)28(33)29-25(24)21-8-6-5-7-9-21/h5-17,25H,4H2,1-3H3,(H,29,33). The van der Waals surface area contributed by atoms with E-state index >= 15 is 0 Å². The molecular formula is C28H26N4O2. The Kier molecular flexibility index (Phi) is 5.72. The van der Waals surface area contributed by atoms with Crippen molar-refractivity contribution in [1.82, 2.24) is 15.5 Å². The van der Waals surface area contributed by atoms with Crippen LogP contribution in [0.4, 0.5) is 10.5 Å². The molecule has 6 nitrogen and oxygen atoms in total. The van der Waals surface area contributed by atoms with Crippen molar-refractivity contribution in [2.24, 2.45) is 0 Å². The van der Waals surface area contributed by atoms with E-state index in [-0.39, 0.29) is 6.03 Å². The average molecular weight is 451 g/mol. The van der Waals surface area contributed by atoms with Crippen molar-refractivity contribution in [3.63, 3.8) is 0 Å². The third-order valence-corrected chi connectivity index (χ3v) is 6.19. The van der Waals surface area contributed by atoms with E-state index in [4.69, 9.17) is 9.51 Å². The number of aryl methyl sites for hydroxylation is 2. The third kappa shape index (κ3) is 3.99. The van der Waals surface area contributed by atoms with Gasteiger partial charge in [0.15, 0.2) is 0 Å². The lowest BCUT2D eigenvalue weighted by Gasteiger charge is -2.35. The van der Waals surface area contributed by atoms with Crippen molar-refractivity contribution in [3.05, 3.63) is 107 Å². The molecule has 170 valence electrons. The second-order valence-electron chi connectivity index (χ2n) is 8.44. The quantitative estimate of drug-likeness (QED) is 0.387. The Morgan fingerprint density at radius 2 is 1.65 bits per heavy atom. The first-order chi connectivity index (χ1) is 16.5. The van der Waals surface area contributed by atoms with Crippen LogP contribution in [0, 0.1) is 6.92 Å². The van der Waals surface area contributed by atoms with Crippen LogP contribution in [-0.4, -0.2) is 16.2 Å². The molecule has 0 saturated carbocycles. The van der Waals surface area contributed by atoms with Gasteiger partial charge in [-0.15, -0.1) is 0 Å². The molecule has 1 aliphatic rings. The van der Waals surface area contributed by atoms with E-state index in [1.165, 1.54) is 5.56 Å². The Bertz CT molecular complexity index is 1340. The van der Waals surface area contributed by atoms with Gasteiger partial charge < -0.3 is 9.84 Å². The number of hydrogen-bond acceptors (Lipinski definition) is 4. The minimum atomic E-state index is -0.411. The highest BCUT2D eigenvalue weighted by atomic mass is 16.5. The van der Waals surface area contributed by atoms with Gasteiger partial charge in [-0.05, 0) is 43.5 Å². The Hall–Kier alpha value is -4.19. The molecule has 0 saturated heterocycles. The predicted molar refractivity (Wildman–Crippen MR) is 133 cm³/mol. The number of urea groups is 1. The summed E-state index contributed by atoms with van der Waals surface area (Å²) >= 11 is 0. The van der Waals surface area contributed by atoms with Crippen molar-refractivity contribution in [2.75, 3.05) is 4.90 Å². The number of nitrogens with zero attached hydrogens (tertiary/aromatic N) is 3. The smallest absolute Gasteiger partial charge is 0.326 e. The summed E-state index contributed by atoms with van der Waals surface area (Å²) in [6, 6.07) is 25.2. The van der Waals surface area contributed by atoms with E-state index in [2.05, 4.69) is 29.5 Å². The van der Waals surface area contributed by atoms with Gasteiger partial charge in [0.25, 0.3) is 5.89 Å². The van der Waals surface area contributed by atoms with Gasteiger partial charge >= 0.3 is 6.03 Å². The van der Waals surface area contributed by atoms with Crippen LogP contribution in [0.15, 0.2) is 89.1 Å².